The van der Waals surface area contributed by atoms with Gasteiger partial charge in [0.25, 0.3) is 0 Å². The van der Waals surface area contributed by atoms with Crippen molar-refractivity contribution in [1.29, 1.82) is 0 Å². The van der Waals surface area contributed by atoms with Gasteiger partial charge < -0.3 is 10.2 Å². The van der Waals surface area contributed by atoms with E-state index < -0.39 is 10.0 Å². The van der Waals surface area contributed by atoms with E-state index in [2.05, 4.69) is 10.0 Å². The average Bonchev–Trinajstić information content (AvgIpc) is 3.25. The van der Waals surface area contributed by atoms with E-state index in [0.717, 1.165) is 50.0 Å². The maximum Gasteiger partial charge on any atom is 0.240 e. The summed E-state index contributed by atoms with van der Waals surface area (Å²) >= 11 is 0. The molecule has 1 aromatic rings. The van der Waals surface area contributed by atoms with Gasteiger partial charge in [0.1, 0.15) is 0 Å². The Hall–Kier alpha value is -1.15. The molecule has 2 fully saturated rings. The van der Waals surface area contributed by atoms with Crippen LogP contribution in [0.15, 0.2) is 23.1 Å². The summed E-state index contributed by atoms with van der Waals surface area (Å²) in [4.78, 5) is 15.6. The zero-order valence-electron chi connectivity index (χ0n) is 15.0. The molecule has 1 amide bonds. The topological polar surface area (TPSA) is 78.5 Å². The molecule has 2 aliphatic heterocycles. The van der Waals surface area contributed by atoms with Gasteiger partial charge in [-0.05, 0) is 56.5 Å². The largest absolute Gasteiger partial charge is 0.315 e. The van der Waals surface area contributed by atoms with Crippen LogP contribution in [0.4, 0.5) is 5.69 Å². The zero-order valence-corrected chi connectivity index (χ0v) is 16.6. The van der Waals surface area contributed by atoms with E-state index >= 15 is 0 Å². The number of sulfonamides is 1. The first-order valence-corrected chi connectivity index (χ1v) is 10.6. The molecular formula is C18H26ClN3O3S. The number of halogens is 1. The van der Waals surface area contributed by atoms with Crippen molar-refractivity contribution in [2.75, 3.05) is 31.6 Å². The molecule has 1 saturated heterocycles. The Morgan fingerprint density at radius 2 is 2.15 bits per heavy atom. The highest BCUT2D eigenvalue weighted by Crippen LogP contribution is 2.46. The number of amides is 1. The van der Waals surface area contributed by atoms with Crippen molar-refractivity contribution in [3.05, 3.63) is 23.8 Å². The van der Waals surface area contributed by atoms with Crippen molar-refractivity contribution in [2.24, 2.45) is 11.3 Å². The molecule has 1 saturated carbocycles. The second-order valence-electron chi connectivity index (χ2n) is 7.43. The number of hydrogen-bond acceptors (Lipinski definition) is 4. The SMILES string of the molecule is CNS(=O)(=O)c1ccc2c(c1)N(C(=O)[C@@]13CCCC[C@H]1CNC3)CC2.Cl. The van der Waals surface area contributed by atoms with Crippen LogP contribution in [0.5, 0.6) is 0 Å². The molecule has 6 nitrogen and oxygen atoms in total. The lowest BCUT2D eigenvalue weighted by Crippen LogP contribution is -2.49. The van der Waals surface area contributed by atoms with Crippen molar-refractivity contribution in [3.8, 4) is 0 Å². The lowest BCUT2D eigenvalue weighted by molar-refractivity contribution is -0.131. The summed E-state index contributed by atoms with van der Waals surface area (Å²) in [6, 6.07) is 5.12. The van der Waals surface area contributed by atoms with Crippen molar-refractivity contribution in [3.63, 3.8) is 0 Å². The van der Waals surface area contributed by atoms with Crippen LogP contribution in [-0.4, -0.2) is 41.0 Å². The number of fused-ring (bicyclic) bond motifs is 2. The second-order valence-corrected chi connectivity index (χ2v) is 9.32. The molecule has 0 radical (unpaired) electrons. The minimum Gasteiger partial charge on any atom is -0.315 e. The summed E-state index contributed by atoms with van der Waals surface area (Å²) in [6.45, 7) is 2.31. The minimum atomic E-state index is -3.51. The summed E-state index contributed by atoms with van der Waals surface area (Å²) in [5.41, 5.74) is 1.52. The van der Waals surface area contributed by atoms with E-state index in [1.807, 2.05) is 11.0 Å². The number of carbonyl (C=O) groups excluding carboxylic acids is 1. The van der Waals surface area contributed by atoms with Gasteiger partial charge in [-0.1, -0.05) is 18.9 Å². The molecule has 0 unspecified atom stereocenters. The van der Waals surface area contributed by atoms with Crippen LogP contribution in [-0.2, 0) is 21.2 Å². The van der Waals surface area contributed by atoms with E-state index in [1.54, 1.807) is 12.1 Å². The quantitative estimate of drug-likeness (QED) is 0.810. The highest BCUT2D eigenvalue weighted by molar-refractivity contribution is 7.89. The van der Waals surface area contributed by atoms with Gasteiger partial charge in [0.15, 0.2) is 0 Å². The standard InChI is InChI=1S/C18H25N3O3S.ClH/c1-19-25(23,24)15-6-5-13-7-9-21(16(13)10-15)17(22)18-8-3-2-4-14(18)11-20-12-18;/h5-6,10,14,19-20H,2-4,7-9,11-12H2,1H3;1H/t14-,18+;/m0./s1. The van der Waals surface area contributed by atoms with E-state index in [1.165, 1.54) is 13.5 Å². The van der Waals surface area contributed by atoms with E-state index in [4.69, 9.17) is 0 Å². The molecule has 1 aromatic carbocycles. The van der Waals surface area contributed by atoms with Gasteiger partial charge in [0, 0.05) is 18.8 Å². The third kappa shape index (κ3) is 2.95. The summed E-state index contributed by atoms with van der Waals surface area (Å²) in [5.74, 6) is 0.585. The fourth-order valence-corrected chi connectivity index (χ4v) is 5.54. The van der Waals surface area contributed by atoms with Crippen LogP contribution >= 0.6 is 12.4 Å². The van der Waals surface area contributed by atoms with Crippen molar-refractivity contribution >= 4 is 34.0 Å². The molecule has 2 heterocycles. The lowest BCUT2D eigenvalue weighted by Gasteiger charge is -2.40. The van der Waals surface area contributed by atoms with Gasteiger partial charge >= 0.3 is 0 Å². The van der Waals surface area contributed by atoms with Crippen LogP contribution in [0.25, 0.3) is 0 Å². The van der Waals surface area contributed by atoms with Crippen molar-refractivity contribution in [1.82, 2.24) is 10.0 Å². The first-order valence-electron chi connectivity index (χ1n) is 9.07. The second kappa shape index (κ2) is 7.11. The van der Waals surface area contributed by atoms with Crippen LogP contribution < -0.4 is 14.9 Å². The van der Waals surface area contributed by atoms with Crippen LogP contribution in [0, 0.1) is 11.3 Å². The Morgan fingerprint density at radius 1 is 1.35 bits per heavy atom. The summed E-state index contributed by atoms with van der Waals surface area (Å²) in [7, 11) is -2.11. The van der Waals surface area contributed by atoms with Crippen LogP contribution in [0.2, 0.25) is 0 Å². The number of anilines is 1. The van der Waals surface area contributed by atoms with Crippen LogP contribution in [0.1, 0.15) is 31.2 Å². The first kappa shape index (κ1) is 19.6. The summed E-state index contributed by atoms with van der Waals surface area (Å²) < 4.78 is 26.6. The molecule has 2 N–H and O–H groups in total. The third-order valence-corrected chi connectivity index (χ3v) is 7.65. The Morgan fingerprint density at radius 3 is 2.92 bits per heavy atom. The monoisotopic (exact) mass is 399 g/mol. The molecule has 1 aliphatic carbocycles. The lowest BCUT2D eigenvalue weighted by atomic mass is 9.67. The average molecular weight is 400 g/mol. The number of carbonyl (C=O) groups is 1. The van der Waals surface area contributed by atoms with Gasteiger partial charge in [-0.3, -0.25) is 4.79 Å². The van der Waals surface area contributed by atoms with Gasteiger partial charge in [-0.25, -0.2) is 13.1 Å². The third-order valence-electron chi connectivity index (χ3n) is 6.24. The summed E-state index contributed by atoms with van der Waals surface area (Å²) in [5, 5.41) is 3.42. The number of nitrogens with one attached hydrogen (secondary N) is 2. The number of benzene rings is 1. The molecule has 0 bridgehead atoms. The number of rotatable bonds is 3. The highest BCUT2D eigenvalue weighted by Gasteiger charge is 2.52. The highest BCUT2D eigenvalue weighted by atomic mass is 35.5. The molecular weight excluding hydrogens is 374 g/mol. The van der Waals surface area contributed by atoms with Gasteiger partial charge in [-0.15, -0.1) is 12.4 Å². The van der Waals surface area contributed by atoms with Crippen LogP contribution in [0.3, 0.4) is 0 Å². The Bertz CT molecular complexity index is 814. The Labute approximate surface area is 161 Å². The molecule has 8 heteroatoms. The molecule has 26 heavy (non-hydrogen) atoms. The van der Waals surface area contributed by atoms with Crippen molar-refractivity contribution in [2.45, 2.75) is 37.0 Å². The predicted octanol–water partition coefficient (Wildman–Crippen LogP) is 1.69. The minimum absolute atomic E-state index is 0. The normalized spacial score (nSPS) is 27.6. The fourth-order valence-electron chi connectivity index (χ4n) is 4.79. The Kier molecular flexibility index (Phi) is 5.36. The van der Waals surface area contributed by atoms with Gasteiger partial charge in [0.05, 0.1) is 10.3 Å². The molecule has 0 spiro atoms. The molecule has 2 atom stereocenters. The Balaban J connectivity index is 0.00000196. The van der Waals surface area contributed by atoms with Crippen molar-refractivity contribution < 1.29 is 13.2 Å². The number of hydrogen-bond donors (Lipinski definition) is 2. The van der Waals surface area contributed by atoms with E-state index in [-0.39, 0.29) is 28.6 Å². The van der Waals surface area contributed by atoms with E-state index in [9.17, 15) is 13.2 Å². The smallest absolute Gasteiger partial charge is 0.240 e. The molecule has 4 rings (SSSR count). The predicted molar refractivity (Wildman–Crippen MR) is 103 cm³/mol. The molecule has 3 aliphatic rings. The maximum absolute atomic E-state index is 13.5. The molecule has 0 aromatic heterocycles. The summed E-state index contributed by atoms with van der Waals surface area (Å²) in [6.07, 6.45) is 5.12. The zero-order chi connectivity index (χ0) is 17.7. The number of nitrogens with zero attached hydrogens (tertiary/aromatic N) is 1. The molecule has 144 valence electrons. The van der Waals surface area contributed by atoms with Gasteiger partial charge in [0.2, 0.25) is 15.9 Å². The first-order chi connectivity index (χ1) is 12.0. The van der Waals surface area contributed by atoms with E-state index in [0.29, 0.717) is 12.5 Å². The maximum atomic E-state index is 13.5. The fraction of sp³-hybridized carbons (Fsp3) is 0.611. The van der Waals surface area contributed by atoms with Gasteiger partial charge in [-0.2, -0.15) is 0 Å².